The van der Waals surface area contributed by atoms with E-state index >= 15 is 0 Å². The molecular weight excluding hydrogens is 296 g/mol. The van der Waals surface area contributed by atoms with Crippen LogP contribution in [-0.4, -0.2) is 35.1 Å². The summed E-state index contributed by atoms with van der Waals surface area (Å²) in [5, 5.41) is 8.19. The number of benzene rings is 1. The number of rotatable bonds is 5. The molecule has 0 aromatic heterocycles. The van der Waals surface area contributed by atoms with Gasteiger partial charge in [0.15, 0.2) is 5.17 Å². The Morgan fingerprint density at radius 1 is 1.41 bits per heavy atom. The summed E-state index contributed by atoms with van der Waals surface area (Å²) in [5.41, 5.74) is 6.45. The van der Waals surface area contributed by atoms with Crippen molar-refractivity contribution in [2.24, 2.45) is 10.1 Å². The molecular formula is C16H20N4OS. The molecule has 1 heterocycles. The number of amides is 1. The second-order valence-electron chi connectivity index (χ2n) is 5.55. The summed E-state index contributed by atoms with van der Waals surface area (Å²) in [6.07, 6.45) is 3.27. The van der Waals surface area contributed by atoms with Crippen molar-refractivity contribution < 1.29 is 4.79 Å². The molecule has 2 N–H and O–H groups in total. The number of nitrogens with one attached hydrogen (secondary N) is 2. The van der Waals surface area contributed by atoms with Crippen molar-refractivity contribution in [3.63, 3.8) is 0 Å². The third-order valence-electron chi connectivity index (χ3n) is 3.55. The van der Waals surface area contributed by atoms with Crippen LogP contribution in [0.3, 0.4) is 0 Å². The van der Waals surface area contributed by atoms with Crippen molar-refractivity contribution in [2.75, 3.05) is 12.3 Å². The Labute approximate surface area is 134 Å². The highest BCUT2D eigenvalue weighted by Crippen LogP contribution is 2.25. The van der Waals surface area contributed by atoms with Gasteiger partial charge < -0.3 is 5.32 Å². The second-order valence-corrected chi connectivity index (χ2v) is 6.52. The summed E-state index contributed by atoms with van der Waals surface area (Å²) in [7, 11) is 0. The first-order chi connectivity index (χ1) is 10.7. The molecule has 0 radical (unpaired) electrons. The Hall–Kier alpha value is -1.82. The Kier molecular flexibility index (Phi) is 4.77. The Balaban J connectivity index is 1.56. The van der Waals surface area contributed by atoms with Crippen LogP contribution in [0.4, 0.5) is 0 Å². The molecule has 2 aliphatic rings. The van der Waals surface area contributed by atoms with E-state index in [4.69, 9.17) is 0 Å². The summed E-state index contributed by atoms with van der Waals surface area (Å²) in [6.45, 7) is 2.21. The minimum Gasteiger partial charge on any atom is -0.356 e. The molecule has 1 aliphatic carbocycles. The van der Waals surface area contributed by atoms with E-state index in [1.807, 2.05) is 0 Å². The van der Waals surface area contributed by atoms with E-state index in [1.54, 1.807) is 11.8 Å². The van der Waals surface area contributed by atoms with E-state index in [-0.39, 0.29) is 5.91 Å². The molecule has 0 atom stereocenters. The molecule has 0 bridgehead atoms. The summed E-state index contributed by atoms with van der Waals surface area (Å²) >= 11 is 1.72. The monoisotopic (exact) mass is 316 g/mol. The maximum atomic E-state index is 10.8. The molecule has 22 heavy (non-hydrogen) atoms. The Morgan fingerprint density at radius 2 is 2.18 bits per heavy atom. The summed E-state index contributed by atoms with van der Waals surface area (Å²) < 4.78 is 0. The topological polar surface area (TPSA) is 65.8 Å². The normalized spacial score (nSPS) is 19.5. The zero-order chi connectivity index (χ0) is 15.4. The lowest BCUT2D eigenvalue weighted by molar-refractivity contribution is -0.118. The van der Waals surface area contributed by atoms with Gasteiger partial charge in [-0.15, -0.1) is 0 Å². The minimum atomic E-state index is 0.0138. The zero-order valence-corrected chi connectivity index (χ0v) is 13.4. The summed E-state index contributed by atoms with van der Waals surface area (Å²) in [6, 6.07) is 8.89. The largest absolute Gasteiger partial charge is 0.356 e. The molecule has 1 aliphatic heterocycles. The number of hydrogen-bond donors (Lipinski definition) is 2. The SMILES string of the molecule is CC(=O)NCCc1ccc(C2=NNC(=NC3CC3)SC2)cc1. The zero-order valence-electron chi connectivity index (χ0n) is 12.6. The maximum absolute atomic E-state index is 10.8. The van der Waals surface area contributed by atoms with E-state index in [0.717, 1.165) is 28.6 Å². The van der Waals surface area contributed by atoms with Crippen LogP contribution in [-0.2, 0) is 11.2 Å². The third-order valence-corrected chi connectivity index (χ3v) is 4.44. The van der Waals surface area contributed by atoms with Gasteiger partial charge in [-0.1, -0.05) is 36.0 Å². The molecule has 1 saturated carbocycles. The predicted octanol–water partition coefficient (Wildman–Crippen LogP) is 1.92. The number of carbonyl (C=O) groups is 1. The first kappa shape index (κ1) is 15.1. The van der Waals surface area contributed by atoms with E-state index in [9.17, 15) is 4.79 Å². The minimum absolute atomic E-state index is 0.0138. The van der Waals surface area contributed by atoms with Crippen LogP contribution in [0.25, 0.3) is 0 Å². The molecule has 6 heteroatoms. The van der Waals surface area contributed by atoms with Crippen molar-refractivity contribution in [3.8, 4) is 0 Å². The van der Waals surface area contributed by atoms with Crippen LogP contribution in [0.5, 0.6) is 0 Å². The van der Waals surface area contributed by atoms with Gasteiger partial charge in [0.05, 0.1) is 11.8 Å². The van der Waals surface area contributed by atoms with Crippen molar-refractivity contribution in [1.82, 2.24) is 10.7 Å². The van der Waals surface area contributed by atoms with Gasteiger partial charge in [-0.2, -0.15) is 5.10 Å². The molecule has 1 aromatic carbocycles. The number of nitrogens with zero attached hydrogens (tertiary/aromatic N) is 2. The molecule has 3 rings (SSSR count). The first-order valence-electron chi connectivity index (χ1n) is 7.57. The third kappa shape index (κ3) is 4.34. The molecule has 116 valence electrons. The molecule has 0 spiro atoms. The van der Waals surface area contributed by atoms with Crippen LogP contribution in [0.2, 0.25) is 0 Å². The van der Waals surface area contributed by atoms with Crippen LogP contribution in [0.1, 0.15) is 30.9 Å². The fourth-order valence-electron chi connectivity index (χ4n) is 2.15. The van der Waals surface area contributed by atoms with Crippen LogP contribution < -0.4 is 10.7 Å². The number of aliphatic imine (C=N–C) groups is 1. The van der Waals surface area contributed by atoms with E-state index in [2.05, 4.69) is 45.1 Å². The van der Waals surface area contributed by atoms with Crippen molar-refractivity contribution >= 4 is 28.5 Å². The van der Waals surface area contributed by atoms with Crippen molar-refractivity contribution in [2.45, 2.75) is 32.2 Å². The van der Waals surface area contributed by atoms with E-state index < -0.39 is 0 Å². The van der Waals surface area contributed by atoms with Crippen molar-refractivity contribution in [1.29, 1.82) is 0 Å². The highest BCUT2D eigenvalue weighted by molar-refractivity contribution is 8.14. The average molecular weight is 316 g/mol. The smallest absolute Gasteiger partial charge is 0.216 e. The molecule has 1 amide bonds. The van der Waals surface area contributed by atoms with Gasteiger partial charge in [0.25, 0.3) is 0 Å². The summed E-state index contributed by atoms with van der Waals surface area (Å²) in [4.78, 5) is 15.4. The molecule has 0 saturated heterocycles. The van der Waals surface area contributed by atoms with E-state index in [0.29, 0.717) is 12.6 Å². The molecule has 0 unspecified atom stereocenters. The van der Waals surface area contributed by atoms with Gasteiger partial charge in [-0.25, -0.2) is 0 Å². The van der Waals surface area contributed by atoms with Gasteiger partial charge in [-0.05, 0) is 30.4 Å². The highest BCUT2D eigenvalue weighted by atomic mass is 32.2. The van der Waals surface area contributed by atoms with Gasteiger partial charge in [0, 0.05) is 19.2 Å². The number of hydrogen-bond acceptors (Lipinski definition) is 4. The standard InChI is InChI=1S/C16H20N4OS/c1-11(21)17-9-8-12-2-4-13(5-3-12)15-10-22-16(20-19-15)18-14-6-7-14/h2-5,14H,6-10H2,1H3,(H,17,21)(H,18,20). The van der Waals surface area contributed by atoms with Crippen LogP contribution in [0, 0.1) is 0 Å². The van der Waals surface area contributed by atoms with Gasteiger partial charge in [0.1, 0.15) is 0 Å². The second kappa shape index (κ2) is 6.96. The lowest BCUT2D eigenvalue weighted by Crippen LogP contribution is -2.25. The fraction of sp³-hybridized carbons (Fsp3) is 0.438. The Morgan fingerprint density at radius 3 is 2.77 bits per heavy atom. The van der Waals surface area contributed by atoms with Crippen LogP contribution in [0.15, 0.2) is 34.4 Å². The lowest BCUT2D eigenvalue weighted by atomic mass is 10.1. The van der Waals surface area contributed by atoms with Gasteiger partial charge in [0.2, 0.25) is 5.91 Å². The Bertz CT molecular complexity index is 605. The molecule has 1 fully saturated rings. The van der Waals surface area contributed by atoms with Crippen molar-refractivity contribution in [3.05, 3.63) is 35.4 Å². The fourth-order valence-corrected chi connectivity index (χ4v) is 2.99. The maximum Gasteiger partial charge on any atom is 0.216 e. The number of carbonyl (C=O) groups excluding carboxylic acids is 1. The van der Waals surface area contributed by atoms with Crippen LogP contribution >= 0.6 is 11.8 Å². The lowest BCUT2D eigenvalue weighted by Gasteiger charge is -2.15. The average Bonchev–Trinajstić information content (AvgIpc) is 3.33. The molecule has 5 nitrogen and oxygen atoms in total. The number of thioether (sulfide) groups is 1. The number of hydrazone groups is 1. The molecule has 1 aromatic rings. The number of amidine groups is 1. The van der Waals surface area contributed by atoms with Gasteiger partial charge in [-0.3, -0.25) is 15.2 Å². The first-order valence-corrected chi connectivity index (χ1v) is 8.56. The van der Waals surface area contributed by atoms with E-state index in [1.165, 1.54) is 25.3 Å². The van der Waals surface area contributed by atoms with Gasteiger partial charge >= 0.3 is 0 Å². The quantitative estimate of drug-likeness (QED) is 0.872. The summed E-state index contributed by atoms with van der Waals surface area (Å²) in [5.74, 6) is 0.865. The highest BCUT2D eigenvalue weighted by Gasteiger charge is 2.22. The predicted molar refractivity (Wildman–Crippen MR) is 91.4 cm³/mol.